The number of esters is 1. The second-order valence-electron chi connectivity index (χ2n) is 9.40. The number of hydrogen-bond acceptors (Lipinski definition) is 9. The quantitative estimate of drug-likeness (QED) is 0.215. The fraction of sp³-hybridized carbons (Fsp3) is 0.700. The molecular formula is C20H31ClN6O6P+. The molecule has 12 nitrogen and oxygen atoms in total. The van der Waals surface area contributed by atoms with Gasteiger partial charge in [0.1, 0.15) is 23.7 Å². The Morgan fingerprint density at radius 3 is 2.85 bits per heavy atom. The third kappa shape index (κ3) is 4.67. The molecule has 0 aromatic carbocycles. The minimum atomic E-state index is -3.78. The van der Waals surface area contributed by atoms with Crippen LogP contribution >= 0.6 is 19.3 Å². The Morgan fingerprint density at radius 2 is 2.18 bits per heavy atom. The molecule has 2 aliphatic heterocycles. The fourth-order valence-corrected chi connectivity index (χ4v) is 6.32. The van der Waals surface area contributed by atoms with Gasteiger partial charge in [-0.05, 0) is 12.8 Å². The van der Waals surface area contributed by atoms with E-state index in [0.29, 0.717) is 17.0 Å². The van der Waals surface area contributed by atoms with Gasteiger partial charge in [0.15, 0.2) is 18.5 Å². The van der Waals surface area contributed by atoms with Crippen molar-refractivity contribution in [2.24, 2.45) is 11.8 Å². The van der Waals surface area contributed by atoms with E-state index in [1.165, 1.54) is 6.33 Å². The van der Waals surface area contributed by atoms with Crippen LogP contribution in [0.2, 0.25) is 0 Å². The van der Waals surface area contributed by atoms with Crippen LogP contribution in [-0.2, 0) is 27.9 Å². The van der Waals surface area contributed by atoms with Gasteiger partial charge >= 0.3 is 19.4 Å². The van der Waals surface area contributed by atoms with E-state index in [1.807, 2.05) is 13.8 Å². The Labute approximate surface area is 202 Å². The molecule has 2 aromatic rings. The molecule has 188 valence electrons. The monoisotopic (exact) mass is 517 g/mol. The topological polar surface area (TPSA) is 155 Å². The van der Waals surface area contributed by atoms with E-state index in [9.17, 15) is 9.36 Å². The smallest absolute Gasteiger partial charge is 0.406 e. The Morgan fingerprint density at radius 1 is 1.44 bits per heavy atom. The molecule has 0 aliphatic carbocycles. The summed E-state index contributed by atoms with van der Waals surface area (Å²) in [5, 5.41) is 2.93. The lowest BCUT2D eigenvalue weighted by molar-refractivity contribution is -0.741. The number of fused-ring (bicyclic) bond motifs is 2. The Kier molecular flexibility index (Phi) is 6.93. The molecule has 2 aromatic heterocycles. The van der Waals surface area contributed by atoms with Crippen molar-refractivity contribution in [2.75, 3.05) is 18.9 Å². The lowest BCUT2D eigenvalue weighted by Gasteiger charge is -2.36. The van der Waals surface area contributed by atoms with E-state index in [4.69, 9.17) is 35.9 Å². The van der Waals surface area contributed by atoms with Crippen LogP contribution in [0.15, 0.2) is 12.7 Å². The normalized spacial score (nSPS) is 32.3. The van der Waals surface area contributed by atoms with E-state index >= 15 is 0 Å². The van der Waals surface area contributed by atoms with E-state index < -0.39 is 37.1 Å². The number of hydrogen-bond donors (Lipinski definition) is 3. The van der Waals surface area contributed by atoms with Crippen LogP contribution in [0.5, 0.6) is 0 Å². The Bertz CT molecular complexity index is 1110. The highest BCUT2D eigenvalue weighted by molar-refractivity contribution is 7.51. The second kappa shape index (κ2) is 9.33. The first-order valence-electron chi connectivity index (χ1n) is 11.1. The van der Waals surface area contributed by atoms with E-state index in [-0.39, 0.29) is 31.0 Å². The highest BCUT2D eigenvalue weighted by Crippen LogP contribution is 2.57. The second-order valence-corrected chi connectivity index (χ2v) is 11.9. The van der Waals surface area contributed by atoms with Crippen LogP contribution in [0.3, 0.4) is 0 Å². The zero-order valence-electron chi connectivity index (χ0n) is 19.7. The van der Waals surface area contributed by atoms with Gasteiger partial charge in [0.05, 0.1) is 18.6 Å². The summed E-state index contributed by atoms with van der Waals surface area (Å²) in [4.78, 5) is 22.1. The number of nitrogens with one attached hydrogen (secondary N) is 2. The largest absolute Gasteiger partial charge is 0.464 e. The first-order valence-corrected chi connectivity index (χ1v) is 13.1. The van der Waals surface area contributed by atoms with Crippen molar-refractivity contribution in [1.29, 1.82) is 0 Å². The number of carbonyl (C=O) groups is 1. The molecule has 0 radical (unpaired) electrons. The zero-order chi connectivity index (χ0) is 24.8. The van der Waals surface area contributed by atoms with Crippen LogP contribution in [0.25, 0.3) is 11.2 Å². The molecule has 4 N–H and O–H groups in total. The Balaban J connectivity index is 1.52. The molecule has 2 aliphatic rings. The van der Waals surface area contributed by atoms with Crippen LogP contribution < -0.4 is 15.4 Å². The summed E-state index contributed by atoms with van der Waals surface area (Å²) in [6.45, 7) is 9.12. The molecule has 34 heavy (non-hydrogen) atoms. The third-order valence-electron chi connectivity index (χ3n) is 6.05. The maximum atomic E-state index is 13.5. The number of nitrogens with zero attached hydrogens (tertiary/aromatic N) is 3. The standard InChI is InChI=1S/C20H30ClN6O6P/c1-10(2)12(6-30-18(28)11(3)4)26-34(29)31-7-13-15(33-34)20(5,21)19(32-13)27-9-25-14-16(22)23-8-24-17(14)27/h8-13,15,19H,6-7H2,1-5H3,(H3,22,23,24,26,29)/p+1/t12-,13-,15-,19-,20-,34+/m1/s1. The lowest BCUT2D eigenvalue weighted by Crippen LogP contribution is -2.52. The molecule has 4 rings (SSSR count). The van der Waals surface area contributed by atoms with Crippen LogP contribution in [0.1, 0.15) is 40.8 Å². The Hall–Kier alpha value is -1.82. The van der Waals surface area contributed by atoms with Crippen molar-refractivity contribution < 1.29 is 32.4 Å². The van der Waals surface area contributed by atoms with Gasteiger partial charge in [-0.25, -0.2) is 14.2 Å². The van der Waals surface area contributed by atoms with Gasteiger partial charge in [-0.2, -0.15) is 4.98 Å². The summed E-state index contributed by atoms with van der Waals surface area (Å²) >= 11 is 6.97. The number of ether oxygens (including phenoxy) is 2. The minimum Gasteiger partial charge on any atom is -0.464 e. The van der Waals surface area contributed by atoms with Crippen molar-refractivity contribution in [1.82, 2.24) is 20.0 Å². The van der Waals surface area contributed by atoms with Crippen molar-refractivity contribution in [3.63, 3.8) is 0 Å². The SMILES string of the molecule is CC(C)C(=O)OC[C@@H](N[P@]1(=O)OC[C@H]2O[C@@H]([n+]3c[nH]c4c(N)ncnc43)[C@](C)(Cl)[C@@H]2O1)C(C)C. The number of imidazole rings is 1. The minimum absolute atomic E-state index is 0.00436. The average molecular weight is 518 g/mol. The predicted octanol–water partition coefficient (Wildman–Crippen LogP) is 2.06. The molecular weight excluding hydrogens is 487 g/mol. The number of rotatable bonds is 7. The summed E-state index contributed by atoms with van der Waals surface area (Å²) < 4.78 is 38.3. The number of H-pyrrole nitrogens is 1. The molecule has 0 unspecified atom stereocenters. The molecule has 0 amide bonds. The maximum absolute atomic E-state index is 13.5. The molecule has 6 atom stereocenters. The number of aromatic nitrogens is 4. The maximum Gasteiger partial charge on any atom is 0.406 e. The van der Waals surface area contributed by atoms with Gasteiger partial charge in [0.25, 0.3) is 0 Å². The molecule has 0 bridgehead atoms. The van der Waals surface area contributed by atoms with Crippen molar-refractivity contribution in [3.05, 3.63) is 12.7 Å². The van der Waals surface area contributed by atoms with Gasteiger partial charge < -0.3 is 15.2 Å². The van der Waals surface area contributed by atoms with Gasteiger partial charge in [-0.15, -0.1) is 11.6 Å². The summed E-state index contributed by atoms with van der Waals surface area (Å²) in [6, 6.07) is -0.451. The van der Waals surface area contributed by atoms with Crippen LogP contribution in [-0.4, -0.2) is 57.3 Å². The summed E-state index contributed by atoms with van der Waals surface area (Å²) in [6.07, 6.45) is 0.967. The fourth-order valence-electron chi connectivity index (χ4n) is 3.95. The number of carbonyl (C=O) groups excluding carboxylic acids is 1. The summed E-state index contributed by atoms with van der Waals surface area (Å²) in [5.41, 5.74) is 6.99. The number of nitrogen functional groups attached to an aromatic ring is 1. The van der Waals surface area contributed by atoms with Crippen LogP contribution in [0, 0.1) is 11.8 Å². The van der Waals surface area contributed by atoms with Gasteiger partial charge in [0.2, 0.25) is 11.7 Å². The highest BCUT2D eigenvalue weighted by Gasteiger charge is 2.61. The number of alkyl halides is 1. The first kappa shape index (κ1) is 25.3. The van der Waals surface area contributed by atoms with E-state index in [0.717, 1.165) is 0 Å². The van der Waals surface area contributed by atoms with Gasteiger partial charge in [0, 0.05) is 0 Å². The first-order chi connectivity index (χ1) is 15.9. The molecule has 2 fully saturated rings. The average Bonchev–Trinajstić information content (AvgIpc) is 3.30. The summed E-state index contributed by atoms with van der Waals surface area (Å²) in [7, 11) is -3.78. The molecule has 14 heteroatoms. The van der Waals surface area contributed by atoms with Crippen molar-refractivity contribution >= 4 is 42.3 Å². The molecule has 0 saturated carbocycles. The van der Waals surface area contributed by atoms with Gasteiger partial charge in [-0.1, -0.05) is 32.7 Å². The number of aromatic amines is 1. The number of halogens is 1. The third-order valence-corrected chi connectivity index (χ3v) is 8.09. The van der Waals surface area contributed by atoms with Crippen LogP contribution in [0.4, 0.5) is 5.82 Å². The lowest BCUT2D eigenvalue weighted by atomic mass is 10.0. The summed E-state index contributed by atoms with van der Waals surface area (Å²) in [5.74, 6) is -0.324. The molecule has 0 spiro atoms. The van der Waals surface area contributed by atoms with Crippen molar-refractivity contribution in [3.8, 4) is 0 Å². The highest BCUT2D eigenvalue weighted by atomic mass is 35.5. The zero-order valence-corrected chi connectivity index (χ0v) is 21.4. The molecule has 4 heterocycles. The predicted molar refractivity (Wildman–Crippen MR) is 123 cm³/mol. The van der Waals surface area contributed by atoms with E-state index in [1.54, 1.807) is 31.7 Å². The van der Waals surface area contributed by atoms with Crippen molar-refractivity contribution in [2.45, 2.75) is 64.0 Å². The van der Waals surface area contributed by atoms with Gasteiger partial charge in [-0.3, -0.25) is 18.8 Å². The van der Waals surface area contributed by atoms with E-state index in [2.05, 4.69) is 20.0 Å². The molecule has 2 saturated heterocycles. The number of nitrogens with two attached hydrogens (primary N) is 1. The number of anilines is 1.